The molecule has 14 nitrogen and oxygen atoms in total. The topological polar surface area (TPSA) is 229 Å². The van der Waals surface area contributed by atoms with Gasteiger partial charge in [-0.1, -0.05) is 6.07 Å². The summed E-state index contributed by atoms with van der Waals surface area (Å²) in [6.07, 6.45) is 4.09. The number of fused-ring (bicyclic) bond motifs is 3. The summed E-state index contributed by atoms with van der Waals surface area (Å²) in [4.78, 5) is 47.1. The summed E-state index contributed by atoms with van der Waals surface area (Å²) in [6.45, 7) is 0.278. The van der Waals surface area contributed by atoms with E-state index < -0.39 is 57.3 Å². The largest absolute Gasteiger partial charge is 0.508 e. The number of carbonyl (C=O) groups is 2. The van der Waals surface area contributed by atoms with Gasteiger partial charge in [0, 0.05) is 56.3 Å². The Balaban J connectivity index is 1.78. The van der Waals surface area contributed by atoms with Crippen molar-refractivity contribution in [2.45, 2.75) is 31.0 Å². The van der Waals surface area contributed by atoms with Crippen LogP contribution in [0.25, 0.3) is 5.76 Å². The lowest BCUT2D eigenvalue weighted by Gasteiger charge is -2.53. The normalized spacial score (nSPS) is 26.1. The van der Waals surface area contributed by atoms with Crippen LogP contribution in [0.3, 0.4) is 0 Å². The van der Waals surface area contributed by atoms with E-state index in [4.69, 9.17) is 16.6 Å². The fourth-order valence-corrected chi connectivity index (χ4v) is 7.03. The number of aromatic nitrogens is 1. The lowest BCUT2D eigenvalue weighted by Crippen LogP contribution is -2.66. The Morgan fingerprint density at radius 1 is 1.27 bits per heavy atom. The zero-order valence-corrected chi connectivity index (χ0v) is 24.7. The zero-order chi connectivity index (χ0) is 32.3. The van der Waals surface area contributed by atoms with Crippen molar-refractivity contribution in [1.29, 1.82) is 10.8 Å². The molecule has 14 heteroatoms. The number of carbonyl (C=O) groups excluding carboxylic acids is 2. The molecule has 0 spiro atoms. The van der Waals surface area contributed by atoms with Crippen molar-refractivity contribution >= 4 is 40.8 Å². The molecule has 44 heavy (non-hydrogen) atoms. The minimum atomic E-state index is -2.62. The number of nitroso groups, excluding NO2 is 1. The molecule has 230 valence electrons. The summed E-state index contributed by atoms with van der Waals surface area (Å²) in [6, 6.07) is 4.24. The SMILES string of the molecule is CN(C)c1cc(NCc2cccnc2)c(O)c2c1CC1(C=N)CC3C(N(C)C)C(=N)C(C(N)=O)=C(O)C3(N=O)C(=O)C1=C2O. The fraction of sp³-hybridized carbons (Fsp3) is 0.367. The van der Waals surface area contributed by atoms with Crippen molar-refractivity contribution < 1.29 is 24.9 Å². The van der Waals surface area contributed by atoms with Crippen molar-refractivity contribution in [3.05, 3.63) is 69.1 Å². The molecule has 0 aliphatic heterocycles. The first-order valence-electron chi connectivity index (χ1n) is 13.8. The number of pyridine rings is 1. The highest BCUT2D eigenvalue weighted by Crippen LogP contribution is 2.60. The molecular formula is C30H34N8O6. The molecule has 4 unspecified atom stereocenters. The first-order chi connectivity index (χ1) is 20.8. The van der Waals surface area contributed by atoms with Gasteiger partial charge in [0.05, 0.1) is 28.6 Å². The predicted molar refractivity (Wildman–Crippen MR) is 164 cm³/mol. The van der Waals surface area contributed by atoms with E-state index in [0.29, 0.717) is 11.3 Å². The highest BCUT2D eigenvalue weighted by Gasteiger charge is 2.68. The molecule has 0 radical (unpaired) electrons. The van der Waals surface area contributed by atoms with Crippen molar-refractivity contribution in [2.24, 2.45) is 22.2 Å². The first kappa shape index (κ1) is 30.4. The Hall–Kier alpha value is -5.11. The minimum absolute atomic E-state index is 0.0347. The second-order valence-electron chi connectivity index (χ2n) is 11.9. The standard InChI is InChI=1S/C30H34N8O6/c1-37(2)18-8-17(35-12-14-6-5-7-34-11-14)24(39)19-15(18)9-29(13-31)10-16-23(38(3)4)22(32)20(28(33)43)26(41)30(16,36-44)27(42)21(29)25(19)40/h5-8,11,13,16,23,31-32,35,39-41H,9-10,12H2,1-4H3,(H2,33,43). The van der Waals surface area contributed by atoms with Crippen molar-refractivity contribution in [3.63, 3.8) is 0 Å². The van der Waals surface area contributed by atoms with Gasteiger partial charge in [0.25, 0.3) is 5.91 Å². The van der Waals surface area contributed by atoms with Gasteiger partial charge in [-0.05, 0) is 55.4 Å². The van der Waals surface area contributed by atoms with Gasteiger partial charge < -0.3 is 47.0 Å². The summed E-state index contributed by atoms with van der Waals surface area (Å²) in [5, 5.41) is 58.2. The number of aliphatic hydroxyl groups is 2. The average molecular weight is 603 g/mol. The number of hydrogen-bond acceptors (Lipinski definition) is 13. The van der Waals surface area contributed by atoms with E-state index in [1.165, 1.54) is 4.90 Å². The summed E-state index contributed by atoms with van der Waals surface area (Å²) in [7, 11) is 6.71. The second kappa shape index (κ2) is 10.6. The van der Waals surface area contributed by atoms with Crippen LogP contribution in [0, 0.1) is 27.1 Å². The highest BCUT2D eigenvalue weighted by molar-refractivity contribution is 6.26. The molecule has 0 saturated heterocycles. The van der Waals surface area contributed by atoms with Crippen LogP contribution in [-0.4, -0.2) is 88.6 Å². The van der Waals surface area contributed by atoms with Crippen LogP contribution in [0.4, 0.5) is 11.4 Å². The number of anilines is 2. The predicted octanol–water partition coefficient (Wildman–Crippen LogP) is 2.28. The number of aromatic hydroxyl groups is 1. The van der Waals surface area contributed by atoms with E-state index in [1.807, 2.05) is 6.07 Å². The average Bonchev–Trinajstić information content (AvgIpc) is 2.96. The number of ketones is 1. The number of phenolic OH excluding ortho intramolecular Hbond substituents is 1. The summed E-state index contributed by atoms with van der Waals surface area (Å²) >= 11 is 0. The fourth-order valence-electron chi connectivity index (χ4n) is 7.03. The number of nitrogens with one attached hydrogen (secondary N) is 3. The van der Waals surface area contributed by atoms with Gasteiger partial charge in [-0.15, -0.1) is 4.91 Å². The maximum absolute atomic E-state index is 14.5. The van der Waals surface area contributed by atoms with Gasteiger partial charge >= 0.3 is 0 Å². The number of hydrogen-bond donors (Lipinski definition) is 7. The Labute approximate surface area is 252 Å². The number of Topliss-reactive ketones (excluding diaryl/α,β-unsaturated/α-hetero) is 1. The monoisotopic (exact) mass is 602 g/mol. The van der Waals surface area contributed by atoms with Crippen LogP contribution in [0.15, 0.2) is 52.7 Å². The van der Waals surface area contributed by atoms with Crippen LogP contribution in [0.1, 0.15) is 23.1 Å². The van der Waals surface area contributed by atoms with Gasteiger partial charge in [0.1, 0.15) is 22.8 Å². The summed E-state index contributed by atoms with van der Waals surface area (Å²) in [5.41, 5.74) is 1.92. The Kier molecular flexibility index (Phi) is 7.28. The number of amides is 1. The van der Waals surface area contributed by atoms with Gasteiger partial charge in [-0.3, -0.25) is 14.6 Å². The molecule has 4 atom stereocenters. The number of nitrogens with zero attached hydrogens (tertiary/aromatic N) is 4. The zero-order valence-electron chi connectivity index (χ0n) is 24.7. The van der Waals surface area contributed by atoms with Crippen LogP contribution in [0.2, 0.25) is 0 Å². The van der Waals surface area contributed by atoms with Gasteiger partial charge in [-0.25, -0.2) is 0 Å². The number of rotatable bonds is 8. The Morgan fingerprint density at radius 2 is 1.98 bits per heavy atom. The highest BCUT2D eigenvalue weighted by atomic mass is 16.3. The number of nitrogens with two attached hydrogens (primary N) is 1. The summed E-state index contributed by atoms with van der Waals surface area (Å²) < 4.78 is 0. The van der Waals surface area contributed by atoms with E-state index >= 15 is 0 Å². The molecule has 1 amide bonds. The number of benzene rings is 1. The third kappa shape index (κ3) is 4.08. The van der Waals surface area contributed by atoms with E-state index in [1.54, 1.807) is 57.6 Å². The van der Waals surface area contributed by atoms with E-state index in [-0.39, 0.29) is 42.1 Å². The van der Waals surface area contributed by atoms with Crippen LogP contribution < -0.4 is 16.0 Å². The van der Waals surface area contributed by atoms with E-state index in [0.717, 1.165) is 11.8 Å². The molecule has 1 heterocycles. The van der Waals surface area contributed by atoms with Crippen molar-refractivity contribution in [3.8, 4) is 5.75 Å². The maximum Gasteiger partial charge on any atom is 0.254 e. The molecular weight excluding hydrogens is 568 g/mol. The van der Waals surface area contributed by atoms with Crippen molar-refractivity contribution in [1.82, 2.24) is 9.88 Å². The second-order valence-corrected chi connectivity index (χ2v) is 11.9. The van der Waals surface area contributed by atoms with Gasteiger partial charge in [-0.2, -0.15) is 0 Å². The van der Waals surface area contributed by atoms with Crippen LogP contribution in [0.5, 0.6) is 5.75 Å². The number of aliphatic hydroxyl groups excluding tert-OH is 2. The molecule has 1 fully saturated rings. The van der Waals surface area contributed by atoms with Gasteiger partial charge in [0.2, 0.25) is 11.3 Å². The third-order valence-electron chi connectivity index (χ3n) is 9.00. The molecule has 5 rings (SSSR count). The molecule has 1 aromatic carbocycles. The Morgan fingerprint density at radius 3 is 2.52 bits per heavy atom. The summed E-state index contributed by atoms with van der Waals surface area (Å²) in [5.74, 6) is -5.66. The van der Waals surface area contributed by atoms with Crippen molar-refractivity contribution in [2.75, 3.05) is 38.4 Å². The molecule has 0 bridgehead atoms. The van der Waals surface area contributed by atoms with Gasteiger partial charge in [0.15, 0.2) is 0 Å². The lowest BCUT2D eigenvalue weighted by atomic mass is 9.51. The molecule has 1 aromatic heterocycles. The quantitative estimate of drug-likeness (QED) is 0.132. The smallest absolute Gasteiger partial charge is 0.254 e. The maximum atomic E-state index is 14.5. The molecule has 8 N–H and O–H groups in total. The minimum Gasteiger partial charge on any atom is -0.508 e. The van der Waals surface area contributed by atoms with Crippen LogP contribution in [-0.2, 0) is 22.6 Å². The van der Waals surface area contributed by atoms with E-state index in [2.05, 4.69) is 15.5 Å². The molecule has 2 aromatic rings. The number of primary amides is 1. The van der Waals surface area contributed by atoms with E-state index in [9.17, 15) is 29.8 Å². The third-order valence-corrected chi connectivity index (χ3v) is 9.00. The lowest BCUT2D eigenvalue weighted by molar-refractivity contribution is -0.126. The Bertz CT molecular complexity index is 1680. The van der Waals surface area contributed by atoms with Crippen LogP contribution >= 0.6 is 0 Å². The molecule has 3 aliphatic rings. The first-order valence-corrected chi connectivity index (χ1v) is 13.8. The molecule has 3 aliphatic carbocycles. The molecule has 1 saturated carbocycles. The number of phenols is 1.